The van der Waals surface area contributed by atoms with Crippen LogP contribution in [-0.4, -0.2) is 11.4 Å². The summed E-state index contributed by atoms with van der Waals surface area (Å²) >= 11 is 0. The van der Waals surface area contributed by atoms with E-state index >= 15 is 0 Å². The number of hydrogen-bond donors (Lipinski definition) is 1. The van der Waals surface area contributed by atoms with Crippen LogP contribution in [0.4, 0.5) is 0 Å². The third kappa shape index (κ3) is 1.45. The number of carbonyl (C=O) groups excluding carboxylic acids is 1. The molecule has 2 aromatic rings. The second kappa shape index (κ2) is 3.58. The third-order valence-corrected chi connectivity index (χ3v) is 4.17. The number of carbonyl (C=O) groups is 1. The van der Waals surface area contributed by atoms with Gasteiger partial charge in [-0.05, 0) is 30.2 Å². The predicted octanol–water partition coefficient (Wildman–Crippen LogP) is 3.47. The molecule has 0 unspecified atom stereocenters. The molecule has 18 heavy (non-hydrogen) atoms. The Balaban J connectivity index is 2.35. The zero-order chi connectivity index (χ0) is 12.9. The van der Waals surface area contributed by atoms with E-state index in [4.69, 9.17) is 0 Å². The van der Waals surface area contributed by atoms with Crippen molar-refractivity contribution in [3.8, 4) is 0 Å². The van der Waals surface area contributed by atoms with Gasteiger partial charge in [0.1, 0.15) is 0 Å². The van der Waals surface area contributed by atoms with Crippen LogP contribution < -0.4 is 5.32 Å². The first kappa shape index (κ1) is 11.3. The van der Waals surface area contributed by atoms with Crippen molar-refractivity contribution in [1.29, 1.82) is 0 Å². The Morgan fingerprint density at radius 2 is 1.83 bits per heavy atom. The molecule has 2 nitrogen and oxygen atoms in total. The molecule has 3 rings (SSSR count). The summed E-state index contributed by atoms with van der Waals surface area (Å²) in [6.45, 7) is 6.33. The summed E-state index contributed by atoms with van der Waals surface area (Å²) in [5, 5.41) is 5.29. The average molecular weight is 239 g/mol. The molecule has 0 saturated carbocycles. The van der Waals surface area contributed by atoms with Crippen LogP contribution in [0.25, 0.3) is 10.8 Å². The van der Waals surface area contributed by atoms with E-state index in [1.165, 1.54) is 0 Å². The Bertz CT molecular complexity index is 643. The van der Waals surface area contributed by atoms with Crippen molar-refractivity contribution in [2.75, 3.05) is 0 Å². The fourth-order valence-corrected chi connectivity index (χ4v) is 2.75. The molecule has 1 N–H and O–H groups in total. The lowest BCUT2D eigenvalue weighted by Crippen LogP contribution is -2.51. The highest BCUT2D eigenvalue weighted by molar-refractivity contribution is 6.09. The third-order valence-electron chi connectivity index (χ3n) is 4.17. The molecular formula is C16H17NO. The SMILES string of the molecule is C[C@@H]1c2ccc3ccccc3c2C(=O)NC1(C)C. The number of hydrogen-bond acceptors (Lipinski definition) is 1. The first-order valence-electron chi connectivity index (χ1n) is 6.35. The van der Waals surface area contributed by atoms with Gasteiger partial charge in [0, 0.05) is 11.5 Å². The smallest absolute Gasteiger partial charge is 0.252 e. The largest absolute Gasteiger partial charge is 0.347 e. The van der Waals surface area contributed by atoms with E-state index in [1.54, 1.807) is 0 Å². The van der Waals surface area contributed by atoms with Gasteiger partial charge < -0.3 is 5.32 Å². The normalized spacial score (nSPS) is 21.5. The molecule has 0 bridgehead atoms. The molecule has 0 spiro atoms. The van der Waals surface area contributed by atoms with Crippen LogP contribution in [0.3, 0.4) is 0 Å². The van der Waals surface area contributed by atoms with Gasteiger partial charge in [-0.15, -0.1) is 0 Å². The highest BCUT2D eigenvalue weighted by Crippen LogP contribution is 2.37. The van der Waals surface area contributed by atoms with Gasteiger partial charge in [0.15, 0.2) is 0 Å². The zero-order valence-corrected chi connectivity index (χ0v) is 10.9. The monoisotopic (exact) mass is 239 g/mol. The lowest BCUT2D eigenvalue weighted by Gasteiger charge is -2.39. The molecule has 1 amide bonds. The summed E-state index contributed by atoms with van der Waals surface area (Å²) in [7, 11) is 0. The summed E-state index contributed by atoms with van der Waals surface area (Å²) in [5.74, 6) is 0.361. The van der Waals surface area contributed by atoms with Crippen LogP contribution in [0.5, 0.6) is 0 Å². The summed E-state index contributed by atoms with van der Waals surface area (Å²) in [4.78, 5) is 12.3. The van der Waals surface area contributed by atoms with Crippen LogP contribution >= 0.6 is 0 Å². The fourth-order valence-electron chi connectivity index (χ4n) is 2.75. The second-order valence-electron chi connectivity index (χ2n) is 5.65. The van der Waals surface area contributed by atoms with Gasteiger partial charge in [0.25, 0.3) is 5.91 Å². The van der Waals surface area contributed by atoms with Crippen LogP contribution in [0.1, 0.15) is 42.6 Å². The van der Waals surface area contributed by atoms with E-state index in [-0.39, 0.29) is 11.4 Å². The first-order chi connectivity index (χ1) is 8.50. The molecule has 0 fully saturated rings. The Morgan fingerprint density at radius 3 is 2.61 bits per heavy atom. The minimum Gasteiger partial charge on any atom is -0.347 e. The number of benzene rings is 2. The number of rotatable bonds is 0. The maximum Gasteiger partial charge on any atom is 0.252 e. The standard InChI is InChI=1S/C16H17NO/c1-10-12-9-8-11-6-4-5-7-13(11)14(12)15(18)17-16(10,2)3/h4-10H,1-3H3,(H,17,18)/t10-/m1/s1. The Labute approximate surface area is 107 Å². The van der Waals surface area contributed by atoms with Crippen molar-refractivity contribution in [2.24, 2.45) is 0 Å². The van der Waals surface area contributed by atoms with Crippen molar-refractivity contribution < 1.29 is 4.79 Å². The Hall–Kier alpha value is -1.83. The molecule has 1 aliphatic rings. The number of nitrogens with one attached hydrogen (secondary N) is 1. The highest BCUT2D eigenvalue weighted by atomic mass is 16.1. The predicted molar refractivity (Wildman–Crippen MR) is 73.9 cm³/mol. The number of amides is 1. The molecule has 92 valence electrons. The van der Waals surface area contributed by atoms with E-state index in [1.807, 2.05) is 24.3 Å². The van der Waals surface area contributed by atoms with Crippen molar-refractivity contribution in [3.63, 3.8) is 0 Å². The minimum atomic E-state index is -0.188. The Kier molecular flexibility index (Phi) is 2.24. The topological polar surface area (TPSA) is 29.1 Å². The molecular weight excluding hydrogens is 222 g/mol. The van der Waals surface area contributed by atoms with E-state index < -0.39 is 0 Å². The zero-order valence-electron chi connectivity index (χ0n) is 10.9. The maximum absolute atomic E-state index is 12.3. The molecule has 0 aromatic heterocycles. The second-order valence-corrected chi connectivity index (χ2v) is 5.65. The molecule has 1 aliphatic heterocycles. The quantitative estimate of drug-likeness (QED) is 0.749. The lowest BCUT2D eigenvalue weighted by atomic mass is 9.76. The molecule has 0 aliphatic carbocycles. The van der Waals surface area contributed by atoms with E-state index in [0.717, 1.165) is 21.9 Å². The molecule has 1 heterocycles. The summed E-state index contributed by atoms with van der Waals surface area (Å²) in [6.07, 6.45) is 0. The van der Waals surface area contributed by atoms with Gasteiger partial charge in [-0.3, -0.25) is 4.79 Å². The van der Waals surface area contributed by atoms with Gasteiger partial charge >= 0.3 is 0 Å². The Morgan fingerprint density at radius 1 is 1.11 bits per heavy atom. The fraction of sp³-hybridized carbons (Fsp3) is 0.312. The molecule has 1 atom stereocenters. The van der Waals surface area contributed by atoms with E-state index in [0.29, 0.717) is 5.92 Å². The van der Waals surface area contributed by atoms with Gasteiger partial charge in [-0.2, -0.15) is 0 Å². The molecule has 2 aromatic carbocycles. The summed E-state index contributed by atoms with van der Waals surface area (Å²) in [5.41, 5.74) is 1.81. The molecule has 0 saturated heterocycles. The van der Waals surface area contributed by atoms with Crippen molar-refractivity contribution in [1.82, 2.24) is 5.32 Å². The van der Waals surface area contributed by atoms with Crippen molar-refractivity contribution in [3.05, 3.63) is 47.5 Å². The van der Waals surface area contributed by atoms with E-state index in [2.05, 4.69) is 38.2 Å². The molecule has 2 heteroatoms. The highest BCUT2D eigenvalue weighted by Gasteiger charge is 2.37. The van der Waals surface area contributed by atoms with Gasteiger partial charge in [0.05, 0.1) is 5.56 Å². The summed E-state index contributed by atoms with van der Waals surface area (Å²) < 4.78 is 0. The lowest BCUT2D eigenvalue weighted by molar-refractivity contribution is 0.0883. The van der Waals surface area contributed by atoms with Crippen molar-refractivity contribution in [2.45, 2.75) is 32.2 Å². The van der Waals surface area contributed by atoms with Crippen LogP contribution in [-0.2, 0) is 0 Å². The number of fused-ring (bicyclic) bond motifs is 3. The minimum absolute atomic E-state index is 0.0462. The van der Waals surface area contributed by atoms with Gasteiger partial charge in [-0.25, -0.2) is 0 Å². The van der Waals surface area contributed by atoms with Crippen molar-refractivity contribution >= 4 is 16.7 Å². The first-order valence-corrected chi connectivity index (χ1v) is 6.35. The van der Waals surface area contributed by atoms with Gasteiger partial charge in [-0.1, -0.05) is 43.3 Å². The van der Waals surface area contributed by atoms with Crippen LogP contribution in [0.2, 0.25) is 0 Å². The van der Waals surface area contributed by atoms with Crippen LogP contribution in [0, 0.1) is 0 Å². The maximum atomic E-state index is 12.3. The van der Waals surface area contributed by atoms with E-state index in [9.17, 15) is 4.79 Å². The molecule has 0 radical (unpaired) electrons. The average Bonchev–Trinajstić information content (AvgIpc) is 2.34. The summed E-state index contributed by atoms with van der Waals surface area (Å²) in [6, 6.07) is 12.3. The van der Waals surface area contributed by atoms with Gasteiger partial charge in [0.2, 0.25) is 0 Å². The van der Waals surface area contributed by atoms with Crippen LogP contribution in [0.15, 0.2) is 36.4 Å².